The van der Waals surface area contributed by atoms with E-state index in [-0.39, 0.29) is 32.5 Å². The summed E-state index contributed by atoms with van der Waals surface area (Å²) in [7, 11) is 0. The van der Waals surface area contributed by atoms with E-state index in [0.717, 1.165) is 11.8 Å². The van der Waals surface area contributed by atoms with Gasteiger partial charge in [-0.15, -0.1) is 5.10 Å². The number of hydrogen-bond donors (Lipinski definition) is 1. The summed E-state index contributed by atoms with van der Waals surface area (Å²) in [5.41, 5.74) is -3.37. The lowest BCUT2D eigenvalue weighted by atomic mass is 10.0. The van der Waals surface area contributed by atoms with Crippen molar-refractivity contribution in [2.45, 2.75) is 22.7 Å². The molecule has 0 saturated carbocycles. The highest BCUT2D eigenvalue weighted by molar-refractivity contribution is 7.99. The number of alkyl halides is 6. The molecule has 1 N–H and O–H groups in total. The molecule has 3 aromatic rings. The number of rotatable bonds is 3. The van der Waals surface area contributed by atoms with Gasteiger partial charge in [-0.2, -0.15) is 26.3 Å². The third-order valence-electron chi connectivity index (χ3n) is 3.15. The van der Waals surface area contributed by atoms with Gasteiger partial charge in [0.05, 0.1) is 11.1 Å². The molecule has 0 saturated heterocycles. The Bertz CT molecular complexity index is 968. The van der Waals surface area contributed by atoms with Gasteiger partial charge in [-0.05, 0) is 30.0 Å². The maximum Gasteiger partial charge on any atom is 0.416 e. The fraction of sp³-hybridized carbons (Fsp3) is 0.143. The van der Waals surface area contributed by atoms with Gasteiger partial charge in [0.1, 0.15) is 10.3 Å². The molecule has 3 rings (SSSR count). The van der Waals surface area contributed by atoms with Gasteiger partial charge in [-0.1, -0.05) is 23.2 Å². The van der Waals surface area contributed by atoms with Crippen molar-refractivity contribution < 1.29 is 26.3 Å². The molecule has 0 bridgehead atoms. The van der Waals surface area contributed by atoms with E-state index in [1.165, 1.54) is 6.07 Å². The van der Waals surface area contributed by atoms with Crippen molar-refractivity contribution in [1.29, 1.82) is 0 Å². The first kappa shape index (κ1) is 20.7. The van der Waals surface area contributed by atoms with E-state index < -0.39 is 29.0 Å². The summed E-state index contributed by atoms with van der Waals surface area (Å²) >= 11 is 12.2. The van der Waals surface area contributed by atoms with Crippen LogP contribution in [0.1, 0.15) is 11.1 Å². The Morgan fingerprint density at radius 2 is 1.29 bits per heavy atom. The number of H-pyrrole nitrogens is 1. The molecule has 2 heterocycles. The Hall–Kier alpha value is -2.05. The second-order valence-corrected chi connectivity index (χ2v) is 6.87. The second kappa shape index (κ2) is 7.41. The standard InChI is InChI=1S/C14H5Cl2F6N5S/c15-8-4-9(16)24-11(23-8)28-12-25-10(26-27-12)5-1-6(13(17,18)19)3-7(2-5)14(20,21)22/h1-4H,(H,25,26,27). The number of nitrogens with zero attached hydrogens (tertiary/aromatic N) is 4. The lowest BCUT2D eigenvalue weighted by Gasteiger charge is -2.13. The molecule has 0 amide bonds. The minimum absolute atomic E-state index is 0.0251. The van der Waals surface area contributed by atoms with Crippen LogP contribution in [0.2, 0.25) is 10.3 Å². The van der Waals surface area contributed by atoms with E-state index >= 15 is 0 Å². The first-order valence-electron chi connectivity index (χ1n) is 7.02. The van der Waals surface area contributed by atoms with Gasteiger partial charge in [-0.3, -0.25) is 5.10 Å². The molecule has 14 heteroatoms. The second-order valence-electron chi connectivity index (χ2n) is 5.16. The molecular weight excluding hydrogens is 455 g/mol. The summed E-state index contributed by atoms with van der Waals surface area (Å²) in [6.07, 6.45) is -9.95. The highest BCUT2D eigenvalue weighted by atomic mass is 35.5. The first-order valence-corrected chi connectivity index (χ1v) is 8.59. The topological polar surface area (TPSA) is 67.3 Å². The summed E-state index contributed by atoms with van der Waals surface area (Å²) in [6, 6.07) is 2.38. The van der Waals surface area contributed by atoms with Gasteiger partial charge < -0.3 is 0 Å². The van der Waals surface area contributed by atoms with Crippen LogP contribution < -0.4 is 0 Å². The van der Waals surface area contributed by atoms with E-state index in [1.54, 1.807) is 0 Å². The molecule has 148 valence electrons. The maximum atomic E-state index is 13.0. The zero-order valence-electron chi connectivity index (χ0n) is 13.0. The Balaban J connectivity index is 1.98. The fourth-order valence-electron chi connectivity index (χ4n) is 2.01. The zero-order chi connectivity index (χ0) is 20.7. The molecule has 0 aliphatic rings. The number of nitrogens with one attached hydrogen (secondary N) is 1. The van der Waals surface area contributed by atoms with Crippen LogP contribution in [-0.4, -0.2) is 25.1 Å². The van der Waals surface area contributed by atoms with Crippen molar-refractivity contribution in [2.75, 3.05) is 0 Å². The van der Waals surface area contributed by atoms with Crippen LogP contribution in [0.3, 0.4) is 0 Å². The number of hydrogen-bond acceptors (Lipinski definition) is 5. The summed E-state index contributed by atoms with van der Waals surface area (Å²) < 4.78 is 77.8. The SMILES string of the molecule is FC(F)(F)c1cc(-c2nc(Sc3nc(Cl)cc(Cl)n3)n[nH]2)cc(C(F)(F)F)c1. The van der Waals surface area contributed by atoms with Gasteiger partial charge in [0.15, 0.2) is 11.0 Å². The maximum absolute atomic E-state index is 13.0. The van der Waals surface area contributed by atoms with E-state index in [0.29, 0.717) is 12.1 Å². The van der Waals surface area contributed by atoms with Gasteiger partial charge in [0, 0.05) is 11.6 Å². The summed E-state index contributed by atoms with van der Waals surface area (Å²) in [5.74, 6) is -0.299. The Morgan fingerprint density at radius 1 is 0.750 bits per heavy atom. The van der Waals surface area contributed by atoms with Crippen LogP contribution in [0, 0.1) is 0 Å². The van der Waals surface area contributed by atoms with E-state index in [2.05, 4.69) is 25.1 Å². The molecule has 0 radical (unpaired) electrons. The molecule has 28 heavy (non-hydrogen) atoms. The zero-order valence-corrected chi connectivity index (χ0v) is 15.4. The first-order chi connectivity index (χ1) is 12.9. The van der Waals surface area contributed by atoms with E-state index in [1.807, 2.05) is 0 Å². The molecule has 0 spiro atoms. The minimum atomic E-state index is -4.97. The number of aromatic amines is 1. The van der Waals surface area contributed by atoms with Crippen molar-refractivity contribution in [2.24, 2.45) is 0 Å². The normalized spacial score (nSPS) is 12.4. The van der Waals surface area contributed by atoms with Crippen molar-refractivity contribution in [3.8, 4) is 11.4 Å². The number of halogens is 8. The minimum Gasteiger partial charge on any atom is -0.258 e. The van der Waals surface area contributed by atoms with Crippen LogP contribution in [0.4, 0.5) is 26.3 Å². The lowest BCUT2D eigenvalue weighted by Crippen LogP contribution is -2.11. The largest absolute Gasteiger partial charge is 0.416 e. The monoisotopic (exact) mass is 459 g/mol. The molecule has 1 aromatic carbocycles. The summed E-state index contributed by atoms with van der Waals surface area (Å²) in [6.45, 7) is 0. The lowest BCUT2D eigenvalue weighted by molar-refractivity contribution is -0.143. The highest BCUT2D eigenvalue weighted by Gasteiger charge is 2.37. The Labute approximate surface area is 166 Å². The molecule has 0 aliphatic heterocycles. The quantitative estimate of drug-likeness (QED) is 0.306. The van der Waals surface area contributed by atoms with Crippen molar-refractivity contribution in [3.63, 3.8) is 0 Å². The van der Waals surface area contributed by atoms with Gasteiger partial charge in [0.2, 0.25) is 5.16 Å². The molecule has 0 fully saturated rings. The van der Waals surface area contributed by atoms with Gasteiger partial charge in [-0.25, -0.2) is 15.0 Å². The van der Waals surface area contributed by atoms with Crippen LogP contribution in [0.5, 0.6) is 0 Å². The van der Waals surface area contributed by atoms with Crippen LogP contribution in [0.25, 0.3) is 11.4 Å². The molecule has 0 aliphatic carbocycles. The molecule has 5 nitrogen and oxygen atoms in total. The molecule has 2 aromatic heterocycles. The predicted octanol–water partition coefficient (Wildman–Crippen LogP) is 5.76. The fourth-order valence-corrected chi connectivity index (χ4v) is 3.21. The van der Waals surface area contributed by atoms with Crippen molar-refractivity contribution >= 4 is 35.0 Å². The average Bonchev–Trinajstić information content (AvgIpc) is 3.00. The van der Waals surface area contributed by atoms with Crippen molar-refractivity contribution in [1.82, 2.24) is 25.1 Å². The van der Waals surface area contributed by atoms with Crippen LogP contribution in [0.15, 0.2) is 34.6 Å². The third kappa shape index (κ3) is 4.86. The smallest absolute Gasteiger partial charge is 0.258 e. The van der Waals surface area contributed by atoms with Gasteiger partial charge >= 0.3 is 12.4 Å². The number of aromatic nitrogens is 5. The van der Waals surface area contributed by atoms with Crippen LogP contribution >= 0.6 is 35.0 Å². The molecular formula is C14H5Cl2F6N5S. The Kier molecular flexibility index (Phi) is 5.47. The van der Waals surface area contributed by atoms with Crippen LogP contribution in [-0.2, 0) is 12.4 Å². The summed E-state index contributed by atoms with van der Waals surface area (Å²) in [4.78, 5) is 11.6. The highest BCUT2D eigenvalue weighted by Crippen LogP contribution is 2.38. The van der Waals surface area contributed by atoms with E-state index in [4.69, 9.17) is 23.2 Å². The third-order valence-corrected chi connectivity index (χ3v) is 4.27. The summed E-state index contributed by atoms with van der Waals surface area (Å²) in [5, 5.41) is 6.07. The van der Waals surface area contributed by atoms with Gasteiger partial charge in [0.25, 0.3) is 0 Å². The molecule has 0 unspecified atom stereocenters. The van der Waals surface area contributed by atoms with Crippen molar-refractivity contribution in [3.05, 3.63) is 45.7 Å². The average molecular weight is 460 g/mol. The molecule has 0 atom stereocenters. The van der Waals surface area contributed by atoms with E-state index in [9.17, 15) is 26.3 Å². The number of benzene rings is 1. The predicted molar refractivity (Wildman–Crippen MR) is 88.0 cm³/mol. The Morgan fingerprint density at radius 3 is 1.79 bits per heavy atom.